The average Bonchev–Trinajstić information content (AvgIpc) is 1.88. The molecule has 0 saturated heterocycles. The van der Waals surface area contributed by atoms with Gasteiger partial charge in [-0.05, 0) is 26.8 Å². The Labute approximate surface area is 62.5 Å². The zero-order valence-electron chi connectivity index (χ0n) is 6.92. The molecular weight excluding hydrogens is 126 g/mol. The SMILES string of the molecule is CC(C)(C)N1CC=COC1. The summed E-state index contributed by atoms with van der Waals surface area (Å²) in [7, 11) is 0. The molecule has 0 aromatic rings. The molecule has 0 N–H and O–H groups in total. The summed E-state index contributed by atoms with van der Waals surface area (Å²) in [6.07, 6.45) is 3.80. The van der Waals surface area contributed by atoms with Gasteiger partial charge in [-0.25, -0.2) is 0 Å². The first-order valence-electron chi connectivity index (χ1n) is 3.62. The van der Waals surface area contributed by atoms with Crippen LogP contribution in [0.3, 0.4) is 0 Å². The van der Waals surface area contributed by atoms with Crippen LogP contribution in [0.1, 0.15) is 20.8 Å². The number of nitrogens with zero attached hydrogens (tertiary/aromatic N) is 1. The van der Waals surface area contributed by atoms with Gasteiger partial charge in [-0.15, -0.1) is 0 Å². The summed E-state index contributed by atoms with van der Waals surface area (Å²) in [5.74, 6) is 0. The van der Waals surface area contributed by atoms with Gasteiger partial charge in [0.2, 0.25) is 0 Å². The second-order valence-electron chi connectivity index (χ2n) is 3.56. The van der Waals surface area contributed by atoms with E-state index in [1.54, 1.807) is 6.26 Å². The lowest BCUT2D eigenvalue weighted by atomic mass is 10.1. The lowest BCUT2D eigenvalue weighted by molar-refractivity contribution is 0.0196. The second-order valence-corrected chi connectivity index (χ2v) is 3.56. The van der Waals surface area contributed by atoms with Crippen molar-refractivity contribution in [3.8, 4) is 0 Å². The smallest absolute Gasteiger partial charge is 0.141 e. The Morgan fingerprint density at radius 2 is 2.10 bits per heavy atom. The van der Waals surface area contributed by atoms with Crippen molar-refractivity contribution in [2.45, 2.75) is 26.3 Å². The standard InChI is InChI=1S/C8H15NO/c1-8(2,3)9-5-4-6-10-7-9/h4,6H,5,7H2,1-3H3. The summed E-state index contributed by atoms with van der Waals surface area (Å²) in [5, 5.41) is 0. The van der Waals surface area contributed by atoms with Crippen molar-refractivity contribution in [3.05, 3.63) is 12.3 Å². The molecule has 0 aromatic carbocycles. The minimum atomic E-state index is 0.227. The van der Waals surface area contributed by atoms with Crippen LogP contribution in [-0.4, -0.2) is 23.7 Å². The van der Waals surface area contributed by atoms with E-state index in [9.17, 15) is 0 Å². The van der Waals surface area contributed by atoms with E-state index in [-0.39, 0.29) is 5.54 Å². The molecule has 0 spiro atoms. The fourth-order valence-corrected chi connectivity index (χ4v) is 0.892. The molecule has 0 fully saturated rings. The molecule has 0 aliphatic carbocycles. The van der Waals surface area contributed by atoms with Crippen molar-refractivity contribution in [1.29, 1.82) is 0 Å². The molecular formula is C8H15NO. The van der Waals surface area contributed by atoms with Crippen LogP contribution < -0.4 is 0 Å². The zero-order chi connectivity index (χ0) is 7.61. The van der Waals surface area contributed by atoms with E-state index >= 15 is 0 Å². The molecule has 1 aliphatic rings. The summed E-state index contributed by atoms with van der Waals surface area (Å²) in [5.41, 5.74) is 0.227. The number of ether oxygens (including phenoxy) is 1. The Bertz CT molecular complexity index is 135. The van der Waals surface area contributed by atoms with Gasteiger partial charge >= 0.3 is 0 Å². The van der Waals surface area contributed by atoms with Crippen molar-refractivity contribution in [2.24, 2.45) is 0 Å². The van der Waals surface area contributed by atoms with Crippen LogP contribution in [0, 0.1) is 0 Å². The van der Waals surface area contributed by atoms with E-state index in [4.69, 9.17) is 4.74 Å². The van der Waals surface area contributed by atoms with Gasteiger partial charge in [-0.2, -0.15) is 0 Å². The van der Waals surface area contributed by atoms with E-state index in [1.807, 2.05) is 6.08 Å². The van der Waals surface area contributed by atoms with E-state index < -0.39 is 0 Å². The molecule has 2 heteroatoms. The summed E-state index contributed by atoms with van der Waals surface area (Å²) in [6, 6.07) is 0. The Balaban J connectivity index is 2.49. The Kier molecular flexibility index (Phi) is 2.00. The molecule has 0 unspecified atom stereocenters. The summed E-state index contributed by atoms with van der Waals surface area (Å²) < 4.78 is 5.15. The van der Waals surface area contributed by atoms with Crippen LogP contribution in [0.4, 0.5) is 0 Å². The van der Waals surface area contributed by atoms with Gasteiger partial charge in [-0.1, -0.05) is 0 Å². The molecule has 0 amide bonds. The average molecular weight is 141 g/mol. The maximum absolute atomic E-state index is 5.15. The third-order valence-electron chi connectivity index (χ3n) is 1.70. The van der Waals surface area contributed by atoms with E-state index in [1.165, 1.54) is 0 Å². The second kappa shape index (κ2) is 2.62. The largest absolute Gasteiger partial charge is 0.486 e. The first-order chi connectivity index (χ1) is 4.61. The third-order valence-corrected chi connectivity index (χ3v) is 1.70. The van der Waals surface area contributed by atoms with E-state index in [2.05, 4.69) is 25.7 Å². The lowest BCUT2D eigenvalue weighted by Gasteiger charge is -2.35. The predicted molar refractivity (Wildman–Crippen MR) is 41.6 cm³/mol. The molecule has 58 valence electrons. The molecule has 1 heterocycles. The molecule has 10 heavy (non-hydrogen) atoms. The first kappa shape index (κ1) is 7.61. The van der Waals surface area contributed by atoms with Gasteiger partial charge in [0.25, 0.3) is 0 Å². The van der Waals surface area contributed by atoms with Gasteiger partial charge < -0.3 is 4.74 Å². The van der Waals surface area contributed by atoms with Crippen molar-refractivity contribution in [1.82, 2.24) is 4.90 Å². The minimum Gasteiger partial charge on any atom is -0.486 e. The van der Waals surface area contributed by atoms with Gasteiger partial charge in [0.1, 0.15) is 6.73 Å². The molecule has 0 radical (unpaired) electrons. The Morgan fingerprint density at radius 1 is 1.40 bits per heavy atom. The Hall–Kier alpha value is -0.500. The summed E-state index contributed by atoms with van der Waals surface area (Å²) in [6.45, 7) is 8.30. The fraction of sp³-hybridized carbons (Fsp3) is 0.750. The van der Waals surface area contributed by atoms with Crippen LogP contribution in [0.25, 0.3) is 0 Å². The lowest BCUT2D eigenvalue weighted by Crippen LogP contribution is -2.43. The molecule has 0 aromatic heterocycles. The highest BCUT2D eigenvalue weighted by molar-refractivity contribution is 4.87. The van der Waals surface area contributed by atoms with Crippen molar-refractivity contribution >= 4 is 0 Å². The Morgan fingerprint density at radius 3 is 2.40 bits per heavy atom. The highest BCUT2D eigenvalue weighted by Gasteiger charge is 2.21. The number of rotatable bonds is 0. The van der Waals surface area contributed by atoms with Crippen LogP contribution in [-0.2, 0) is 4.74 Å². The maximum Gasteiger partial charge on any atom is 0.141 e. The number of hydrogen-bond acceptors (Lipinski definition) is 2. The van der Waals surface area contributed by atoms with Crippen LogP contribution in [0.2, 0.25) is 0 Å². The van der Waals surface area contributed by atoms with E-state index in [0.29, 0.717) is 0 Å². The van der Waals surface area contributed by atoms with E-state index in [0.717, 1.165) is 13.3 Å². The molecule has 0 saturated carbocycles. The van der Waals surface area contributed by atoms with Gasteiger partial charge in [0.15, 0.2) is 0 Å². The molecule has 1 aliphatic heterocycles. The molecule has 0 bridgehead atoms. The maximum atomic E-state index is 5.15. The van der Waals surface area contributed by atoms with Gasteiger partial charge in [0, 0.05) is 12.1 Å². The van der Waals surface area contributed by atoms with Crippen LogP contribution in [0.5, 0.6) is 0 Å². The van der Waals surface area contributed by atoms with Gasteiger partial charge in [0.05, 0.1) is 6.26 Å². The van der Waals surface area contributed by atoms with Crippen LogP contribution in [0.15, 0.2) is 12.3 Å². The predicted octanol–water partition coefficient (Wildman–Crippen LogP) is 1.59. The van der Waals surface area contributed by atoms with Crippen molar-refractivity contribution in [3.63, 3.8) is 0 Å². The summed E-state index contributed by atoms with van der Waals surface area (Å²) in [4.78, 5) is 2.27. The number of hydrogen-bond donors (Lipinski definition) is 0. The quantitative estimate of drug-likeness (QED) is 0.508. The van der Waals surface area contributed by atoms with Crippen LogP contribution >= 0.6 is 0 Å². The minimum absolute atomic E-state index is 0.227. The monoisotopic (exact) mass is 141 g/mol. The topological polar surface area (TPSA) is 12.5 Å². The zero-order valence-corrected chi connectivity index (χ0v) is 6.92. The van der Waals surface area contributed by atoms with Gasteiger partial charge in [-0.3, -0.25) is 4.90 Å². The fourth-order valence-electron chi connectivity index (χ4n) is 0.892. The highest BCUT2D eigenvalue weighted by Crippen LogP contribution is 2.14. The molecule has 1 rings (SSSR count). The first-order valence-corrected chi connectivity index (χ1v) is 3.62. The van der Waals surface area contributed by atoms with Crippen molar-refractivity contribution < 1.29 is 4.74 Å². The molecule has 0 atom stereocenters. The summed E-state index contributed by atoms with van der Waals surface area (Å²) >= 11 is 0. The normalized spacial score (nSPS) is 20.7. The van der Waals surface area contributed by atoms with Crippen molar-refractivity contribution in [2.75, 3.05) is 13.3 Å². The highest BCUT2D eigenvalue weighted by atomic mass is 16.5. The molecule has 2 nitrogen and oxygen atoms in total. The third kappa shape index (κ3) is 1.74.